The van der Waals surface area contributed by atoms with Crippen molar-refractivity contribution in [2.75, 3.05) is 18.2 Å². The van der Waals surface area contributed by atoms with Crippen LogP contribution in [0.4, 0.5) is 14.5 Å². The van der Waals surface area contributed by atoms with Gasteiger partial charge in [0.1, 0.15) is 17.3 Å². The molecular formula is C19H16F2N2O4. The van der Waals surface area contributed by atoms with E-state index in [2.05, 4.69) is 5.32 Å². The van der Waals surface area contributed by atoms with Crippen LogP contribution in [0.15, 0.2) is 36.4 Å². The molecule has 0 spiro atoms. The number of rotatable bonds is 4. The molecular weight excluding hydrogens is 358 g/mol. The van der Waals surface area contributed by atoms with E-state index in [1.54, 1.807) is 18.2 Å². The van der Waals surface area contributed by atoms with Crippen molar-refractivity contribution >= 4 is 17.5 Å². The third-order valence-corrected chi connectivity index (χ3v) is 4.61. The molecule has 4 rings (SSSR count). The van der Waals surface area contributed by atoms with E-state index >= 15 is 0 Å². The maximum Gasteiger partial charge on any atom is 0.231 e. The first-order valence-electron chi connectivity index (χ1n) is 8.43. The Morgan fingerprint density at radius 1 is 1.15 bits per heavy atom. The van der Waals surface area contributed by atoms with Crippen molar-refractivity contribution in [3.63, 3.8) is 0 Å². The van der Waals surface area contributed by atoms with E-state index in [-0.39, 0.29) is 32.2 Å². The number of amides is 2. The van der Waals surface area contributed by atoms with Crippen molar-refractivity contribution in [1.29, 1.82) is 0 Å². The van der Waals surface area contributed by atoms with Crippen molar-refractivity contribution in [2.45, 2.75) is 13.0 Å². The number of anilines is 1. The van der Waals surface area contributed by atoms with E-state index in [1.807, 2.05) is 0 Å². The minimum Gasteiger partial charge on any atom is -0.454 e. The van der Waals surface area contributed by atoms with E-state index in [0.717, 1.165) is 22.6 Å². The van der Waals surface area contributed by atoms with Gasteiger partial charge in [0, 0.05) is 19.5 Å². The molecule has 27 heavy (non-hydrogen) atoms. The first kappa shape index (κ1) is 17.3. The number of carbonyl (C=O) groups is 2. The second kappa shape index (κ2) is 6.86. The monoisotopic (exact) mass is 374 g/mol. The highest BCUT2D eigenvalue weighted by atomic mass is 19.1. The number of carbonyl (C=O) groups excluding carboxylic acids is 2. The Kier molecular flexibility index (Phi) is 4.39. The van der Waals surface area contributed by atoms with Crippen LogP contribution in [0, 0.1) is 17.6 Å². The number of hydrogen-bond donors (Lipinski definition) is 1. The molecule has 2 aromatic carbocycles. The quantitative estimate of drug-likeness (QED) is 0.892. The van der Waals surface area contributed by atoms with Crippen LogP contribution in [0.1, 0.15) is 12.0 Å². The van der Waals surface area contributed by atoms with Gasteiger partial charge in [-0.15, -0.1) is 0 Å². The fraction of sp³-hybridized carbons (Fsp3) is 0.263. The van der Waals surface area contributed by atoms with Gasteiger partial charge in [-0.3, -0.25) is 9.59 Å². The van der Waals surface area contributed by atoms with Gasteiger partial charge in [-0.2, -0.15) is 0 Å². The fourth-order valence-electron chi connectivity index (χ4n) is 3.23. The van der Waals surface area contributed by atoms with Gasteiger partial charge < -0.3 is 19.7 Å². The summed E-state index contributed by atoms with van der Waals surface area (Å²) in [5.41, 5.74) is 0.405. The van der Waals surface area contributed by atoms with Crippen molar-refractivity contribution in [2.24, 2.45) is 5.92 Å². The van der Waals surface area contributed by atoms with Crippen molar-refractivity contribution in [1.82, 2.24) is 5.32 Å². The van der Waals surface area contributed by atoms with Gasteiger partial charge in [0.25, 0.3) is 0 Å². The van der Waals surface area contributed by atoms with Gasteiger partial charge in [-0.05, 0) is 29.8 Å². The van der Waals surface area contributed by atoms with E-state index in [0.29, 0.717) is 11.5 Å². The Morgan fingerprint density at radius 2 is 1.89 bits per heavy atom. The van der Waals surface area contributed by atoms with E-state index in [4.69, 9.17) is 9.47 Å². The molecule has 140 valence electrons. The van der Waals surface area contributed by atoms with Gasteiger partial charge in [-0.25, -0.2) is 8.78 Å². The van der Waals surface area contributed by atoms with Crippen LogP contribution in [-0.4, -0.2) is 25.2 Å². The number of nitrogens with one attached hydrogen (secondary N) is 1. The summed E-state index contributed by atoms with van der Waals surface area (Å²) < 4.78 is 38.4. The molecule has 0 aromatic heterocycles. The summed E-state index contributed by atoms with van der Waals surface area (Å²) in [7, 11) is 0. The lowest BCUT2D eigenvalue weighted by Crippen LogP contribution is -2.33. The molecule has 2 aliphatic heterocycles. The number of halogens is 2. The number of fused-ring (bicyclic) bond motifs is 1. The van der Waals surface area contributed by atoms with Crippen molar-refractivity contribution < 1.29 is 27.8 Å². The zero-order chi connectivity index (χ0) is 19.0. The number of benzene rings is 2. The molecule has 0 bridgehead atoms. The van der Waals surface area contributed by atoms with Crippen LogP contribution in [-0.2, 0) is 16.1 Å². The lowest BCUT2D eigenvalue weighted by Gasteiger charge is -2.18. The van der Waals surface area contributed by atoms with Crippen LogP contribution in [0.5, 0.6) is 11.5 Å². The van der Waals surface area contributed by atoms with Crippen LogP contribution in [0.3, 0.4) is 0 Å². The molecule has 2 aromatic rings. The summed E-state index contributed by atoms with van der Waals surface area (Å²) >= 11 is 0. The highest BCUT2D eigenvalue weighted by molar-refractivity contribution is 6.00. The molecule has 1 fully saturated rings. The predicted octanol–water partition coefficient (Wildman–Crippen LogP) is 2.36. The van der Waals surface area contributed by atoms with Gasteiger partial charge >= 0.3 is 0 Å². The normalized spacial score (nSPS) is 18.1. The van der Waals surface area contributed by atoms with Gasteiger partial charge in [-0.1, -0.05) is 12.1 Å². The van der Waals surface area contributed by atoms with Crippen LogP contribution >= 0.6 is 0 Å². The lowest BCUT2D eigenvalue weighted by molar-refractivity contribution is -0.126. The number of ether oxygens (including phenoxy) is 2. The lowest BCUT2D eigenvalue weighted by atomic mass is 10.1. The Bertz CT molecular complexity index is 898. The molecule has 0 radical (unpaired) electrons. The third kappa shape index (κ3) is 3.30. The molecule has 2 heterocycles. The molecule has 1 saturated heterocycles. The molecule has 8 heteroatoms. The Labute approximate surface area is 153 Å². The maximum absolute atomic E-state index is 13.9. The standard InChI is InChI=1S/C19H16F2N2O4/c20-13-2-1-3-14(21)18(13)23-9-12(7-17(23)24)19(25)22-8-11-4-5-15-16(6-11)27-10-26-15/h1-6,12H,7-10H2,(H,22,25). The summed E-state index contributed by atoms with van der Waals surface area (Å²) in [5.74, 6) is -1.91. The number of nitrogens with zero attached hydrogens (tertiary/aromatic N) is 1. The summed E-state index contributed by atoms with van der Waals surface area (Å²) in [6.45, 7) is 0.343. The average Bonchev–Trinajstić information content (AvgIpc) is 3.26. The minimum atomic E-state index is -0.829. The van der Waals surface area contributed by atoms with E-state index in [1.165, 1.54) is 6.07 Å². The first-order chi connectivity index (χ1) is 13.0. The highest BCUT2D eigenvalue weighted by Crippen LogP contribution is 2.33. The zero-order valence-corrected chi connectivity index (χ0v) is 14.2. The Morgan fingerprint density at radius 3 is 2.67 bits per heavy atom. The maximum atomic E-state index is 13.9. The number of hydrogen-bond acceptors (Lipinski definition) is 4. The van der Waals surface area contributed by atoms with Crippen LogP contribution < -0.4 is 19.7 Å². The highest BCUT2D eigenvalue weighted by Gasteiger charge is 2.37. The topological polar surface area (TPSA) is 67.9 Å². The molecule has 2 amide bonds. The van der Waals surface area contributed by atoms with Crippen LogP contribution in [0.2, 0.25) is 0 Å². The van der Waals surface area contributed by atoms with Crippen molar-refractivity contribution in [3.8, 4) is 11.5 Å². The molecule has 1 N–H and O–H groups in total. The van der Waals surface area contributed by atoms with E-state index < -0.39 is 29.1 Å². The number of para-hydroxylation sites is 1. The second-order valence-corrected chi connectivity index (χ2v) is 6.38. The third-order valence-electron chi connectivity index (χ3n) is 4.61. The van der Waals surface area contributed by atoms with Gasteiger partial charge in [0.2, 0.25) is 18.6 Å². The molecule has 2 aliphatic rings. The van der Waals surface area contributed by atoms with Crippen LogP contribution in [0.25, 0.3) is 0 Å². The molecule has 1 atom stereocenters. The first-order valence-corrected chi connectivity index (χ1v) is 8.43. The SMILES string of the molecule is O=C(NCc1ccc2c(c1)OCO2)C1CC(=O)N(c2c(F)cccc2F)C1. The Balaban J connectivity index is 1.41. The second-order valence-electron chi connectivity index (χ2n) is 6.38. The largest absolute Gasteiger partial charge is 0.454 e. The molecule has 1 unspecified atom stereocenters. The van der Waals surface area contributed by atoms with Gasteiger partial charge in [0.05, 0.1) is 5.92 Å². The smallest absolute Gasteiger partial charge is 0.231 e. The predicted molar refractivity (Wildman–Crippen MR) is 91.2 cm³/mol. The molecule has 6 nitrogen and oxygen atoms in total. The minimum absolute atomic E-state index is 0.0658. The van der Waals surface area contributed by atoms with E-state index in [9.17, 15) is 18.4 Å². The molecule has 0 aliphatic carbocycles. The summed E-state index contributed by atoms with van der Waals surface area (Å²) in [6.07, 6.45) is -0.0965. The fourth-order valence-corrected chi connectivity index (χ4v) is 3.23. The molecule has 0 saturated carbocycles. The summed E-state index contributed by atoms with van der Waals surface area (Å²) in [5, 5.41) is 2.75. The average molecular weight is 374 g/mol. The van der Waals surface area contributed by atoms with Crippen molar-refractivity contribution in [3.05, 3.63) is 53.6 Å². The van der Waals surface area contributed by atoms with Gasteiger partial charge in [0.15, 0.2) is 11.5 Å². The zero-order valence-electron chi connectivity index (χ0n) is 14.2. The Hall–Kier alpha value is -3.16. The summed E-state index contributed by atoms with van der Waals surface area (Å²) in [6, 6.07) is 8.71. The summed E-state index contributed by atoms with van der Waals surface area (Å²) in [4.78, 5) is 25.6.